The summed E-state index contributed by atoms with van der Waals surface area (Å²) in [6, 6.07) is 1.30. The van der Waals surface area contributed by atoms with Gasteiger partial charge in [-0.2, -0.15) is 0 Å². The highest BCUT2D eigenvalue weighted by Gasteiger charge is 2.40. The number of carbonyl (C=O) groups is 1. The molecule has 0 bridgehead atoms. The van der Waals surface area contributed by atoms with E-state index in [9.17, 15) is 9.90 Å². The van der Waals surface area contributed by atoms with E-state index in [1.807, 2.05) is 24.0 Å². The number of pyridine rings is 1. The minimum absolute atomic E-state index is 0.115. The van der Waals surface area contributed by atoms with Crippen LogP contribution < -0.4 is 10.1 Å². The number of methoxy groups -OCH3 is 1. The Bertz CT molecular complexity index is 942. The number of hydrogen-bond donors (Lipinski definition) is 2. The van der Waals surface area contributed by atoms with Crippen LogP contribution in [0.1, 0.15) is 63.1 Å². The number of ether oxygens (including phenoxy) is 1. The number of allylic oxidation sites excluding steroid dienone is 1. The van der Waals surface area contributed by atoms with Gasteiger partial charge in [-0.1, -0.05) is 19.1 Å². The van der Waals surface area contributed by atoms with E-state index in [4.69, 9.17) is 9.72 Å². The molecule has 35 heavy (non-hydrogen) atoms. The van der Waals surface area contributed by atoms with Crippen LogP contribution in [0.5, 0.6) is 5.75 Å². The van der Waals surface area contributed by atoms with Crippen molar-refractivity contribution in [3.63, 3.8) is 0 Å². The average molecular weight is 486 g/mol. The summed E-state index contributed by atoms with van der Waals surface area (Å²) in [4.78, 5) is 18.9. The van der Waals surface area contributed by atoms with Crippen molar-refractivity contribution in [2.45, 2.75) is 76.9 Å². The number of unbranched alkanes of at least 4 members (excludes halogenated alkanes) is 1. The Balaban J connectivity index is 1.27. The number of halogens is 1. The second-order valence-corrected chi connectivity index (χ2v) is 10.3. The largest absolute Gasteiger partial charge is 0.496 e. The second-order valence-electron chi connectivity index (χ2n) is 10.3. The fourth-order valence-electron chi connectivity index (χ4n) is 5.67. The van der Waals surface area contributed by atoms with Gasteiger partial charge in [0, 0.05) is 36.3 Å². The van der Waals surface area contributed by atoms with Crippen LogP contribution >= 0.6 is 0 Å². The predicted molar refractivity (Wildman–Crippen MR) is 137 cm³/mol. The molecular weight excluding hydrogens is 445 g/mol. The van der Waals surface area contributed by atoms with Crippen molar-refractivity contribution < 1.29 is 19.0 Å². The Morgan fingerprint density at radius 2 is 2.20 bits per heavy atom. The summed E-state index contributed by atoms with van der Waals surface area (Å²) in [6.45, 7) is 8.09. The van der Waals surface area contributed by atoms with Gasteiger partial charge < -0.3 is 15.2 Å². The van der Waals surface area contributed by atoms with Crippen molar-refractivity contribution >= 4 is 11.8 Å². The molecule has 2 N–H and O–H groups in total. The van der Waals surface area contributed by atoms with Gasteiger partial charge in [-0.05, 0) is 81.9 Å². The summed E-state index contributed by atoms with van der Waals surface area (Å²) in [6.07, 6.45) is 8.86. The molecule has 1 saturated heterocycles. The van der Waals surface area contributed by atoms with Crippen molar-refractivity contribution in [2.75, 3.05) is 32.1 Å². The minimum atomic E-state index is -0.914. The zero-order chi connectivity index (χ0) is 24.9. The van der Waals surface area contributed by atoms with Crippen LogP contribution in [0.2, 0.25) is 0 Å². The van der Waals surface area contributed by atoms with Crippen molar-refractivity contribution in [2.24, 2.45) is 11.8 Å². The maximum absolute atomic E-state index is 15.1. The first kappa shape index (κ1) is 25.7. The van der Waals surface area contributed by atoms with Crippen molar-refractivity contribution in [1.29, 1.82) is 0 Å². The summed E-state index contributed by atoms with van der Waals surface area (Å²) in [7, 11) is 1.70. The van der Waals surface area contributed by atoms with Crippen LogP contribution in [0.25, 0.3) is 0 Å². The van der Waals surface area contributed by atoms with Gasteiger partial charge in [0.2, 0.25) is 0 Å². The molecule has 192 valence electrons. The van der Waals surface area contributed by atoms with Crippen molar-refractivity contribution in [3.05, 3.63) is 41.1 Å². The minimum Gasteiger partial charge on any atom is -0.496 e. The normalized spacial score (nSPS) is 22.3. The number of nitrogens with one attached hydrogen (secondary N) is 1. The molecule has 2 fully saturated rings. The van der Waals surface area contributed by atoms with Gasteiger partial charge in [0.1, 0.15) is 23.8 Å². The van der Waals surface area contributed by atoms with Crippen LogP contribution in [0.3, 0.4) is 0 Å². The number of carboxylic acids is 1. The lowest BCUT2D eigenvalue weighted by Gasteiger charge is -2.28. The number of nitrogens with zero attached hydrogens (tertiary/aromatic N) is 2. The number of carboxylic acid groups (broad SMARTS) is 1. The van der Waals surface area contributed by atoms with Crippen LogP contribution in [0.15, 0.2) is 29.9 Å². The van der Waals surface area contributed by atoms with Crippen LogP contribution in [0.4, 0.5) is 10.2 Å². The average Bonchev–Trinajstić information content (AvgIpc) is 3.60. The quantitative estimate of drug-likeness (QED) is 0.314. The Hall–Kier alpha value is -2.41. The molecule has 0 aromatic carbocycles. The van der Waals surface area contributed by atoms with Crippen molar-refractivity contribution in [3.8, 4) is 5.75 Å². The first-order valence-electron chi connectivity index (χ1n) is 13.2. The van der Waals surface area contributed by atoms with Gasteiger partial charge in [-0.3, -0.25) is 9.69 Å². The molecule has 7 heteroatoms. The first-order valence-corrected chi connectivity index (χ1v) is 13.2. The number of aryl methyl sites for hydroxylation is 1. The van der Waals surface area contributed by atoms with Gasteiger partial charge in [-0.25, -0.2) is 9.37 Å². The fraction of sp³-hybridized carbons (Fsp3) is 0.643. The number of anilines is 1. The predicted octanol–water partition coefficient (Wildman–Crippen LogP) is 5.19. The molecule has 1 aliphatic carbocycles. The van der Waals surface area contributed by atoms with Gasteiger partial charge in [0.25, 0.3) is 0 Å². The van der Waals surface area contributed by atoms with E-state index in [1.54, 1.807) is 7.11 Å². The van der Waals surface area contributed by atoms with Crippen molar-refractivity contribution in [1.82, 2.24) is 9.88 Å². The standard InChI is InChI=1S/C28H40FN3O3/c1-4-22(18(2)19-11-12-19)26(28(33)34)32-15-13-20(17-32)24(29)10-6-5-8-21-16-25(35-3)23-9-7-14-30-27(23)31-21/h4,16,19-20,24,26H,2,5-15,17H2,1,3H3,(H,30,31)(H,33,34)/b22-4+/t20-,24-,26+/m1/s1. The highest BCUT2D eigenvalue weighted by molar-refractivity contribution is 5.79. The Morgan fingerprint density at radius 1 is 1.40 bits per heavy atom. The lowest BCUT2D eigenvalue weighted by Crippen LogP contribution is -2.42. The Kier molecular flexibility index (Phi) is 8.47. The Morgan fingerprint density at radius 3 is 2.89 bits per heavy atom. The summed E-state index contributed by atoms with van der Waals surface area (Å²) in [5.74, 6) is 1.26. The molecule has 0 spiro atoms. The molecular formula is C28H40FN3O3. The Labute approximate surface area is 208 Å². The fourth-order valence-corrected chi connectivity index (χ4v) is 5.67. The summed E-state index contributed by atoms with van der Waals surface area (Å²) in [5, 5.41) is 13.3. The summed E-state index contributed by atoms with van der Waals surface area (Å²) in [5.41, 5.74) is 3.89. The number of fused-ring (bicyclic) bond motifs is 1. The molecule has 0 unspecified atom stereocenters. The van der Waals surface area contributed by atoms with E-state index >= 15 is 4.39 Å². The lowest BCUT2D eigenvalue weighted by atomic mass is 9.94. The maximum Gasteiger partial charge on any atom is 0.325 e. The smallest absolute Gasteiger partial charge is 0.325 e. The topological polar surface area (TPSA) is 74.7 Å². The highest BCUT2D eigenvalue weighted by atomic mass is 19.1. The number of aliphatic carboxylic acids is 1. The molecule has 0 amide bonds. The SMILES string of the molecule is C=C(/C(=C\C)[C@@H](C(=O)O)N1CC[C@@H]([C@H](F)CCCCc2cc(OC)c3c(n2)NCCC3)C1)C1CC1. The molecule has 3 heterocycles. The van der Waals surface area contributed by atoms with E-state index in [-0.39, 0.29) is 5.92 Å². The third kappa shape index (κ3) is 6.05. The second kappa shape index (κ2) is 11.5. The molecule has 4 rings (SSSR count). The highest BCUT2D eigenvalue weighted by Crippen LogP contribution is 2.41. The summed E-state index contributed by atoms with van der Waals surface area (Å²) >= 11 is 0. The molecule has 1 aromatic heterocycles. The van der Waals surface area contributed by atoms with Gasteiger partial charge in [-0.15, -0.1) is 0 Å². The lowest BCUT2D eigenvalue weighted by molar-refractivity contribution is -0.141. The number of alkyl halides is 1. The van der Waals surface area contributed by atoms with E-state index in [1.165, 1.54) is 0 Å². The maximum atomic E-state index is 15.1. The molecule has 3 aliphatic rings. The van der Waals surface area contributed by atoms with E-state index in [0.29, 0.717) is 31.8 Å². The molecule has 6 nitrogen and oxygen atoms in total. The van der Waals surface area contributed by atoms with Gasteiger partial charge in [0.05, 0.1) is 7.11 Å². The van der Waals surface area contributed by atoms with E-state index in [0.717, 1.165) is 85.5 Å². The number of aromatic nitrogens is 1. The number of likely N-dealkylation sites (tertiary alicyclic amines) is 1. The van der Waals surface area contributed by atoms with Crippen LogP contribution in [-0.2, 0) is 17.6 Å². The monoisotopic (exact) mass is 485 g/mol. The third-order valence-electron chi connectivity index (χ3n) is 7.83. The molecule has 3 atom stereocenters. The van der Waals surface area contributed by atoms with E-state index in [2.05, 4.69) is 11.9 Å². The van der Waals surface area contributed by atoms with E-state index < -0.39 is 18.2 Å². The molecule has 1 saturated carbocycles. The van der Waals surface area contributed by atoms with Gasteiger partial charge in [0.15, 0.2) is 0 Å². The number of hydrogen-bond acceptors (Lipinski definition) is 5. The first-order chi connectivity index (χ1) is 16.9. The third-order valence-corrected chi connectivity index (χ3v) is 7.83. The molecule has 2 aliphatic heterocycles. The zero-order valence-electron chi connectivity index (χ0n) is 21.2. The molecule has 1 aromatic rings. The van der Waals surface area contributed by atoms with Crippen LogP contribution in [0, 0.1) is 11.8 Å². The van der Waals surface area contributed by atoms with Gasteiger partial charge >= 0.3 is 5.97 Å². The zero-order valence-corrected chi connectivity index (χ0v) is 21.2. The number of rotatable bonds is 12. The summed E-state index contributed by atoms with van der Waals surface area (Å²) < 4.78 is 20.7. The van der Waals surface area contributed by atoms with Crippen LogP contribution in [-0.4, -0.2) is 59.9 Å². The molecule has 0 radical (unpaired) electrons.